The number of thiophene rings is 1. The number of nitrogens with zero attached hydrogens (tertiary/aromatic N) is 3. The number of carbonyl (C=O) groups excluding carboxylic acids is 2. The van der Waals surface area contributed by atoms with E-state index in [4.69, 9.17) is 0 Å². The third kappa shape index (κ3) is 5.41. The number of rotatable bonds is 7. The molecule has 0 saturated carbocycles. The van der Waals surface area contributed by atoms with Crippen molar-refractivity contribution in [1.82, 2.24) is 14.8 Å². The van der Waals surface area contributed by atoms with Crippen LogP contribution < -0.4 is 0 Å². The number of amides is 2. The molecule has 2 amide bonds. The Morgan fingerprint density at radius 1 is 1.32 bits per heavy atom. The molecule has 0 N–H and O–H groups in total. The second-order valence-electron chi connectivity index (χ2n) is 7.62. The van der Waals surface area contributed by atoms with Gasteiger partial charge in [-0.25, -0.2) is 0 Å². The van der Waals surface area contributed by atoms with E-state index in [-0.39, 0.29) is 11.8 Å². The lowest BCUT2D eigenvalue weighted by Crippen LogP contribution is -2.40. The van der Waals surface area contributed by atoms with Crippen LogP contribution in [0.25, 0.3) is 0 Å². The third-order valence-electron chi connectivity index (χ3n) is 5.48. The molecule has 6 heteroatoms. The van der Waals surface area contributed by atoms with Crippen molar-refractivity contribution in [3.63, 3.8) is 0 Å². The Bertz CT molecular complexity index is 790. The highest BCUT2D eigenvalue weighted by atomic mass is 32.1. The van der Waals surface area contributed by atoms with Gasteiger partial charge in [-0.3, -0.25) is 14.6 Å². The molecule has 150 valence electrons. The Hall–Kier alpha value is -2.21. The third-order valence-corrected chi connectivity index (χ3v) is 6.49. The highest BCUT2D eigenvalue weighted by Gasteiger charge is 2.26. The molecule has 3 rings (SSSR count). The van der Waals surface area contributed by atoms with E-state index in [0.29, 0.717) is 18.9 Å². The van der Waals surface area contributed by atoms with Crippen molar-refractivity contribution in [1.29, 1.82) is 0 Å². The SMILES string of the molecule is Cc1ccsc1C(=O)N1CCC[C@@H](CCC(=O)N(C)CCc2ccccn2)C1. The normalized spacial score (nSPS) is 16.8. The summed E-state index contributed by atoms with van der Waals surface area (Å²) in [6, 6.07) is 7.86. The number of likely N-dealkylation sites (N-methyl/N-ethyl adjacent to an activating group) is 1. The zero-order valence-corrected chi connectivity index (χ0v) is 17.6. The molecule has 1 atom stereocenters. The lowest BCUT2D eigenvalue weighted by atomic mass is 9.93. The molecule has 1 aliphatic rings. The van der Waals surface area contributed by atoms with Crippen molar-refractivity contribution in [3.8, 4) is 0 Å². The maximum atomic E-state index is 12.7. The molecule has 0 spiro atoms. The Balaban J connectivity index is 1.44. The number of likely N-dealkylation sites (tertiary alicyclic amines) is 1. The lowest BCUT2D eigenvalue weighted by Gasteiger charge is -2.33. The second-order valence-corrected chi connectivity index (χ2v) is 8.53. The summed E-state index contributed by atoms with van der Waals surface area (Å²) in [5.41, 5.74) is 2.06. The first-order chi connectivity index (χ1) is 13.5. The molecule has 2 aromatic rings. The van der Waals surface area contributed by atoms with Gasteiger partial charge in [0.05, 0.1) is 4.88 Å². The number of piperidine rings is 1. The molecular formula is C22H29N3O2S. The summed E-state index contributed by atoms with van der Waals surface area (Å²) in [6.45, 7) is 4.26. The van der Waals surface area contributed by atoms with Crippen molar-refractivity contribution < 1.29 is 9.59 Å². The monoisotopic (exact) mass is 399 g/mol. The van der Waals surface area contributed by atoms with Crippen LogP contribution in [0, 0.1) is 12.8 Å². The molecule has 2 aromatic heterocycles. The van der Waals surface area contributed by atoms with E-state index < -0.39 is 0 Å². The van der Waals surface area contributed by atoms with Gasteiger partial charge in [0.25, 0.3) is 5.91 Å². The second kappa shape index (κ2) is 9.82. The predicted octanol–water partition coefficient (Wildman–Crippen LogP) is 3.79. The minimum Gasteiger partial charge on any atom is -0.345 e. The molecule has 0 unspecified atom stereocenters. The van der Waals surface area contributed by atoms with E-state index in [1.807, 2.05) is 48.5 Å². The first-order valence-electron chi connectivity index (χ1n) is 10.0. The smallest absolute Gasteiger partial charge is 0.264 e. The van der Waals surface area contributed by atoms with Gasteiger partial charge in [0.1, 0.15) is 0 Å². The minimum atomic E-state index is 0.149. The average Bonchev–Trinajstić information content (AvgIpc) is 3.16. The topological polar surface area (TPSA) is 53.5 Å². The summed E-state index contributed by atoms with van der Waals surface area (Å²) in [5, 5.41) is 1.98. The van der Waals surface area contributed by atoms with Gasteiger partial charge in [0.15, 0.2) is 0 Å². The van der Waals surface area contributed by atoms with Crippen LogP contribution in [0.4, 0.5) is 0 Å². The van der Waals surface area contributed by atoms with Gasteiger partial charge in [0, 0.05) is 51.4 Å². The summed E-state index contributed by atoms with van der Waals surface area (Å²) in [4.78, 5) is 34.2. The first kappa shape index (κ1) is 20.5. The lowest BCUT2D eigenvalue weighted by molar-refractivity contribution is -0.130. The van der Waals surface area contributed by atoms with Gasteiger partial charge in [-0.2, -0.15) is 0 Å². The summed E-state index contributed by atoms with van der Waals surface area (Å²) in [5.74, 6) is 0.732. The summed E-state index contributed by atoms with van der Waals surface area (Å²) >= 11 is 1.52. The fraction of sp³-hybridized carbons (Fsp3) is 0.500. The van der Waals surface area contributed by atoms with Gasteiger partial charge >= 0.3 is 0 Å². The highest BCUT2D eigenvalue weighted by Crippen LogP contribution is 2.25. The van der Waals surface area contributed by atoms with Crippen LogP contribution in [0.5, 0.6) is 0 Å². The molecule has 28 heavy (non-hydrogen) atoms. The van der Waals surface area contributed by atoms with Crippen LogP contribution in [-0.2, 0) is 11.2 Å². The van der Waals surface area contributed by atoms with Crippen molar-refractivity contribution in [3.05, 3.63) is 52.0 Å². The van der Waals surface area contributed by atoms with Gasteiger partial charge in [0.2, 0.25) is 5.91 Å². The number of aryl methyl sites for hydroxylation is 1. The molecule has 0 bridgehead atoms. The number of pyridine rings is 1. The van der Waals surface area contributed by atoms with Crippen LogP contribution in [0.1, 0.15) is 46.6 Å². The van der Waals surface area contributed by atoms with Crippen LogP contribution in [0.3, 0.4) is 0 Å². The number of aromatic nitrogens is 1. The zero-order chi connectivity index (χ0) is 19.9. The molecule has 5 nitrogen and oxygen atoms in total. The van der Waals surface area contributed by atoms with Gasteiger partial charge in [-0.15, -0.1) is 11.3 Å². The van der Waals surface area contributed by atoms with Crippen LogP contribution in [-0.4, -0.2) is 53.3 Å². The number of carbonyl (C=O) groups is 2. The van der Waals surface area contributed by atoms with Crippen LogP contribution >= 0.6 is 11.3 Å². The Labute approximate surface area is 171 Å². The molecule has 0 radical (unpaired) electrons. The van der Waals surface area contributed by atoms with Gasteiger partial charge in [-0.1, -0.05) is 6.07 Å². The standard InChI is InChI=1S/C22H29N3O2S/c1-17-11-15-28-21(17)22(27)25-13-5-6-18(16-25)8-9-20(26)24(2)14-10-19-7-3-4-12-23-19/h3-4,7,11-12,15,18H,5-6,8-10,13-14,16H2,1-2H3/t18-/m0/s1. The average molecular weight is 400 g/mol. The maximum absolute atomic E-state index is 12.7. The fourth-order valence-corrected chi connectivity index (χ4v) is 4.58. The van der Waals surface area contributed by atoms with Crippen molar-refractivity contribution in [2.24, 2.45) is 5.92 Å². The quantitative estimate of drug-likeness (QED) is 0.712. The summed E-state index contributed by atoms with van der Waals surface area (Å²) < 4.78 is 0. The predicted molar refractivity (Wildman–Crippen MR) is 112 cm³/mol. The summed E-state index contributed by atoms with van der Waals surface area (Å²) in [7, 11) is 1.86. The largest absolute Gasteiger partial charge is 0.345 e. The number of hydrogen-bond donors (Lipinski definition) is 0. The van der Waals surface area contributed by atoms with E-state index in [1.54, 1.807) is 11.1 Å². The Kier molecular flexibility index (Phi) is 7.20. The van der Waals surface area contributed by atoms with Crippen molar-refractivity contribution in [2.75, 3.05) is 26.7 Å². The van der Waals surface area contributed by atoms with Crippen molar-refractivity contribution in [2.45, 2.75) is 39.0 Å². The minimum absolute atomic E-state index is 0.149. The molecule has 0 aromatic carbocycles. The molecule has 1 aliphatic heterocycles. The first-order valence-corrected chi connectivity index (χ1v) is 10.9. The molecular weight excluding hydrogens is 370 g/mol. The van der Waals surface area contributed by atoms with Gasteiger partial charge in [-0.05, 0) is 61.2 Å². The Morgan fingerprint density at radius 3 is 2.89 bits per heavy atom. The van der Waals surface area contributed by atoms with E-state index in [9.17, 15) is 9.59 Å². The maximum Gasteiger partial charge on any atom is 0.264 e. The summed E-state index contributed by atoms with van der Waals surface area (Å²) in [6.07, 6.45) is 6.06. The van der Waals surface area contributed by atoms with Crippen molar-refractivity contribution >= 4 is 23.2 Å². The van der Waals surface area contributed by atoms with E-state index >= 15 is 0 Å². The van der Waals surface area contributed by atoms with E-state index in [2.05, 4.69) is 4.98 Å². The van der Waals surface area contributed by atoms with E-state index in [0.717, 1.165) is 54.9 Å². The van der Waals surface area contributed by atoms with Crippen LogP contribution in [0.2, 0.25) is 0 Å². The fourth-order valence-electron chi connectivity index (χ4n) is 3.69. The molecule has 1 saturated heterocycles. The number of hydrogen-bond acceptors (Lipinski definition) is 4. The molecule has 0 aliphatic carbocycles. The Morgan fingerprint density at radius 2 is 2.18 bits per heavy atom. The molecule has 1 fully saturated rings. The van der Waals surface area contributed by atoms with E-state index in [1.165, 1.54) is 11.3 Å². The molecule has 3 heterocycles. The van der Waals surface area contributed by atoms with Crippen LogP contribution in [0.15, 0.2) is 35.8 Å². The van der Waals surface area contributed by atoms with Gasteiger partial charge < -0.3 is 9.80 Å². The highest BCUT2D eigenvalue weighted by molar-refractivity contribution is 7.12. The zero-order valence-electron chi connectivity index (χ0n) is 16.8.